The van der Waals surface area contributed by atoms with Crippen LogP contribution in [0.1, 0.15) is 66.2 Å². The molecule has 1 fully saturated rings. The number of rotatable bonds is 4. The van der Waals surface area contributed by atoms with Gasteiger partial charge in [-0.2, -0.15) is 0 Å². The maximum atomic E-state index is 6.15. The molecule has 0 amide bonds. The minimum atomic E-state index is 0.253. The van der Waals surface area contributed by atoms with Crippen molar-refractivity contribution < 1.29 is 0 Å². The van der Waals surface area contributed by atoms with Crippen molar-refractivity contribution in [2.75, 3.05) is 13.6 Å². The van der Waals surface area contributed by atoms with E-state index >= 15 is 0 Å². The van der Waals surface area contributed by atoms with Crippen LogP contribution in [0.3, 0.4) is 0 Å². The Morgan fingerprint density at radius 2 is 1.82 bits per heavy atom. The summed E-state index contributed by atoms with van der Waals surface area (Å²) < 4.78 is 0. The molecule has 17 heavy (non-hydrogen) atoms. The fourth-order valence-corrected chi connectivity index (χ4v) is 3.16. The van der Waals surface area contributed by atoms with Crippen molar-refractivity contribution >= 4 is 0 Å². The van der Waals surface area contributed by atoms with Crippen molar-refractivity contribution in [3.8, 4) is 0 Å². The summed E-state index contributed by atoms with van der Waals surface area (Å²) in [7, 11) is 2.28. The van der Waals surface area contributed by atoms with Crippen LogP contribution in [-0.2, 0) is 0 Å². The van der Waals surface area contributed by atoms with E-state index in [0.29, 0.717) is 11.5 Å². The molecule has 0 saturated heterocycles. The van der Waals surface area contributed by atoms with Crippen LogP contribution in [0.4, 0.5) is 0 Å². The van der Waals surface area contributed by atoms with Crippen molar-refractivity contribution in [2.45, 2.75) is 77.8 Å². The molecule has 1 saturated carbocycles. The Hall–Kier alpha value is -0.0800. The Morgan fingerprint density at radius 3 is 2.35 bits per heavy atom. The second kappa shape index (κ2) is 5.71. The van der Waals surface area contributed by atoms with Gasteiger partial charge in [0.2, 0.25) is 0 Å². The minimum Gasteiger partial charge on any atom is -0.329 e. The molecule has 2 unspecified atom stereocenters. The monoisotopic (exact) mass is 240 g/mol. The molecule has 2 N–H and O–H groups in total. The molecule has 0 bridgehead atoms. The van der Waals surface area contributed by atoms with Crippen LogP contribution in [0, 0.1) is 5.41 Å². The first-order valence-corrected chi connectivity index (χ1v) is 7.30. The largest absolute Gasteiger partial charge is 0.329 e. The van der Waals surface area contributed by atoms with Crippen LogP contribution < -0.4 is 5.73 Å². The first-order valence-electron chi connectivity index (χ1n) is 7.30. The van der Waals surface area contributed by atoms with E-state index in [-0.39, 0.29) is 5.54 Å². The van der Waals surface area contributed by atoms with E-state index in [1.807, 2.05) is 0 Å². The molecule has 0 radical (unpaired) electrons. The van der Waals surface area contributed by atoms with Gasteiger partial charge in [-0.1, -0.05) is 27.2 Å². The predicted molar refractivity (Wildman–Crippen MR) is 76.2 cm³/mol. The van der Waals surface area contributed by atoms with E-state index < -0.39 is 0 Å². The van der Waals surface area contributed by atoms with Gasteiger partial charge in [-0.05, 0) is 51.5 Å². The number of nitrogens with zero attached hydrogens (tertiary/aromatic N) is 1. The first-order chi connectivity index (χ1) is 7.87. The summed E-state index contributed by atoms with van der Waals surface area (Å²) in [4.78, 5) is 2.56. The second-order valence-electron chi connectivity index (χ2n) is 6.81. The number of nitrogens with two attached hydrogens (primary N) is 1. The molecule has 0 heterocycles. The molecular weight excluding hydrogens is 208 g/mol. The highest BCUT2D eigenvalue weighted by atomic mass is 15.2. The van der Waals surface area contributed by atoms with Crippen molar-refractivity contribution in [3.63, 3.8) is 0 Å². The van der Waals surface area contributed by atoms with Gasteiger partial charge in [0.1, 0.15) is 0 Å². The Kier molecular flexibility index (Phi) is 5.03. The number of hydrogen-bond acceptors (Lipinski definition) is 2. The van der Waals surface area contributed by atoms with Crippen LogP contribution >= 0.6 is 0 Å². The van der Waals surface area contributed by atoms with E-state index in [4.69, 9.17) is 5.73 Å². The van der Waals surface area contributed by atoms with Gasteiger partial charge in [0.25, 0.3) is 0 Å². The van der Waals surface area contributed by atoms with E-state index in [0.717, 1.165) is 6.54 Å². The Balaban J connectivity index is 2.81. The number of likely N-dealkylation sites (N-methyl/N-ethyl adjacent to an activating group) is 1. The van der Waals surface area contributed by atoms with Crippen molar-refractivity contribution in [2.24, 2.45) is 11.1 Å². The van der Waals surface area contributed by atoms with Crippen LogP contribution in [0.2, 0.25) is 0 Å². The van der Waals surface area contributed by atoms with Gasteiger partial charge in [-0.25, -0.2) is 0 Å². The van der Waals surface area contributed by atoms with Crippen molar-refractivity contribution in [3.05, 3.63) is 0 Å². The predicted octanol–water partition coefficient (Wildman–Crippen LogP) is 3.40. The van der Waals surface area contributed by atoms with Crippen molar-refractivity contribution in [1.29, 1.82) is 0 Å². The number of hydrogen-bond donors (Lipinski definition) is 1. The maximum absolute atomic E-state index is 6.15. The molecule has 1 rings (SSSR count). The zero-order chi connectivity index (χ0) is 13.1. The maximum Gasteiger partial charge on any atom is 0.0331 e. The van der Waals surface area contributed by atoms with E-state index in [2.05, 4.69) is 39.6 Å². The van der Waals surface area contributed by atoms with Gasteiger partial charge in [0.15, 0.2) is 0 Å². The summed E-state index contributed by atoms with van der Waals surface area (Å²) in [6.07, 6.45) is 7.73. The van der Waals surface area contributed by atoms with Crippen LogP contribution in [0.5, 0.6) is 0 Å². The summed E-state index contributed by atoms with van der Waals surface area (Å²) >= 11 is 0. The topological polar surface area (TPSA) is 29.3 Å². The van der Waals surface area contributed by atoms with Crippen LogP contribution in [0.15, 0.2) is 0 Å². The van der Waals surface area contributed by atoms with Gasteiger partial charge in [0.05, 0.1) is 0 Å². The van der Waals surface area contributed by atoms with Crippen molar-refractivity contribution in [1.82, 2.24) is 4.90 Å². The summed E-state index contributed by atoms with van der Waals surface area (Å²) in [6.45, 7) is 10.2. The molecule has 0 aromatic heterocycles. The fourth-order valence-electron chi connectivity index (χ4n) is 3.16. The fraction of sp³-hybridized carbons (Fsp3) is 1.00. The summed E-state index contributed by atoms with van der Waals surface area (Å²) in [5.41, 5.74) is 6.91. The van der Waals surface area contributed by atoms with E-state index in [9.17, 15) is 0 Å². The minimum absolute atomic E-state index is 0.253. The molecule has 1 aliphatic rings. The molecule has 2 heteroatoms. The third-order valence-corrected chi connectivity index (χ3v) is 5.14. The standard InChI is InChI=1S/C15H32N2/c1-6-13(2)17(5)15(12-16)9-7-8-14(3,4)10-11-15/h13H,6-12,16H2,1-5H3. The lowest BCUT2D eigenvalue weighted by atomic mass is 9.82. The average Bonchev–Trinajstić information content (AvgIpc) is 2.46. The molecule has 102 valence electrons. The lowest BCUT2D eigenvalue weighted by Crippen LogP contribution is -2.55. The normalized spacial score (nSPS) is 31.2. The molecule has 0 aliphatic heterocycles. The molecule has 0 aromatic rings. The summed E-state index contributed by atoms with van der Waals surface area (Å²) in [5.74, 6) is 0. The lowest BCUT2D eigenvalue weighted by molar-refractivity contribution is 0.0651. The average molecular weight is 240 g/mol. The molecule has 0 aromatic carbocycles. The van der Waals surface area contributed by atoms with Gasteiger partial charge < -0.3 is 5.73 Å². The van der Waals surface area contributed by atoms with Crippen LogP contribution in [-0.4, -0.2) is 30.1 Å². The highest BCUT2D eigenvalue weighted by Gasteiger charge is 2.38. The second-order valence-corrected chi connectivity index (χ2v) is 6.81. The van der Waals surface area contributed by atoms with Gasteiger partial charge in [-0.15, -0.1) is 0 Å². The Bertz CT molecular complexity index is 237. The van der Waals surface area contributed by atoms with Gasteiger partial charge in [0, 0.05) is 18.1 Å². The van der Waals surface area contributed by atoms with Gasteiger partial charge >= 0.3 is 0 Å². The smallest absolute Gasteiger partial charge is 0.0331 e. The van der Waals surface area contributed by atoms with Crippen LogP contribution in [0.25, 0.3) is 0 Å². The summed E-state index contributed by atoms with van der Waals surface area (Å²) in [5, 5.41) is 0. The third-order valence-electron chi connectivity index (χ3n) is 5.14. The summed E-state index contributed by atoms with van der Waals surface area (Å²) in [6, 6.07) is 0.639. The van der Waals surface area contributed by atoms with E-state index in [1.165, 1.54) is 38.5 Å². The molecule has 2 nitrogen and oxygen atoms in total. The SMILES string of the molecule is CCC(C)N(C)C1(CN)CCCC(C)(C)CC1. The third kappa shape index (κ3) is 3.45. The molecule has 1 aliphatic carbocycles. The zero-order valence-corrected chi connectivity index (χ0v) is 12.6. The Labute approximate surface area is 108 Å². The molecule has 0 spiro atoms. The zero-order valence-electron chi connectivity index (χ0n) is 12.6. The molecular formula is C15H32N2. The highest BCUT2D eigenvalue weighted by Crippen LogP contribution is 2.40. The van der Waals surface area contributed by atoms with Gasteiger partial charge in [-0.3, -0.25) is 4.90 Å². The lowest BCUT2D eigenvalue weighted by Gasteiger charge is -2.44. The van der Waals surface area contributed by atoms with E-state index in [1.54, 1.807) is 0 Å². The first kappa shape index (κ1) is 15.0. The highest BCUT2D eigenvalue weighted by molar-refractivity contribution is 4.96. The Morgan fingerprint density at radius 1 is 1.18 bits per heavy atom. The quantitative estimate of drug-likeness (QED) is 0.763. The molecule has 2 atom stereocenters.